The van der Waals surface area contributed by atoms with E-state index in [1.54, 1.807) is 24.3 Å². The molecule has 7 nitrogen and oxygen atoms in total. The number of allylic oxidation sites excluding steroid dienone is 1. The van der Waals surface area contributed by atoms with Crippen LogP contribution in [0.25, 0.3) is 11.3 Å². The van der Waals surface area contributed by atoms with E-state index in [0.29, 0.717) is 18.1 Å². The summed E-state index contributed by atoms with van der Waals surface area (Å²) in [5.41, 5.74) is 9.44. The van der Waals surface area contributed by atoms with Gasteiger partial charge in [0.15, 0.2) is 0 Å². The zero-order valence-electron chi connectivity index (χ0n) is 15.8. The highest BCUT2D eigenvalue weighted by Crippen LogP contribution is 2.45. The normalized spacial score (nSPS) is 15.4. The highest BCUT2D eigenvalue weighted by atomic mass is 16.5. The van der Waals surface area contributed by atoms with Crippen molar-refractivity contribution < 1.29 is 14.6 Å². The first-order valence-electron chi connectivity index (χ1n) is 9.30. The number of nitrogens with zero attached hydrogens (tertiary/aromatic N) is 2. The van der Waals surface area contributed by atoms with E-state index in [2.05, 4.69) is 23.2 Å². The summed E-state index contributed by atoms with van der Waals surface area (Å²) in [6, 6.07) is 16.5. The first-order chi connectivity index (χ1) is 14.1. The number of rotatable bonds is 5. The van der Waals surface area contributed by atoms with Crippen molar-refractivity contribution in [2.24, 2.45) is 5.73 Å². The maximum Gasteiger partial charge on any atom is 0.244 e. The van der Waals surface area contributed by atoms with Crippen molar-refractivity contribution in [1.82, 2.24) is 10.2 Å². The van der Waals surface area contributed by atoms with Crippen LogP contribution >= 0.6 is 0 Å². The molecular weight excluding hydrogens is 368 g/mol. The van der Waals surface area contributed by atoms with Gasteiger partial charge in [-0.1, -0.05) is 19.1 Å². The molecule has 4 rings (SSSR count). The minimum Gasteiger partial charge on any atom is -0.508 e. The number of fused-ring (bicyclic) bond motifs is 1. The average molecular weight is 388 g/mol. The van der Waals surface area contributed by atoms with Crippen molar-refractivity contribution in [3.63, 3.8) is 0 Å². The van der Waals surface area contributed by atoms with Crippen LogP contribution in [0.15, 0.2) is 60.0 Å². The number of phenolic OH excluding ortho intramolecular Hbond substituents is 1. The number of aromatic amines is 1. The van der Waals surface area contributed by atoms with Crippen LogP contribution < -0.4 is 15.2 Å². The van der Waals surface area contributed by atoms with E-state index in [4.69, 9.17) is 15.2 Å². The number of hydrogen-bond acceptors (Lipinski definition) is 6. The van der Waals surface area contributed by atoms with Crippen molar-refractivity contribution in [2.75, 3.05) is 6.61 Å². The predicted molar refractivity (Wildman–Crippen MR) is 107 cm³/mol. The number of H-pyrrole nitrogens is 1. The Labute approximate surface area is 168 Å². The third kappa shape index (κ3) is 3.36. The number of aromatic hydroxyl groups is 1. The van der Waals surface area contributed by atoms with E-state index >= 15 is 0 Å². The third-order valence-electron chi connectivity index (χ3n) is 4.78. The van der Waals surface area contributed by atoms with Crippen molar-refractivity contribution in [3.05, 3.63) is 71.1 Å². The molecule has 1 atom stereocenters. The highest BCUT2D eigenvalue weighted by molar-refractivity contribution is 5.71. The molecule has 146 valence electrons. The number of nitriles is 1. The Balaban J connectivity index is 1.80. The van der Waals surface area contributed by atoms with Gasteiger partial charge in [0, 0.05) is 5.56 Å². The zero-order valence-corrected chi connectivity index (χ0v) is 15.8. The van der Waals surface area contributed by atoms with Crippen molar-refractivity contribution in [1.29, 1.82) is 5.26 Å². The SMILES string of the molecule is CCCOc1ccc(-c2[nH]nc3c2C(c2ccc(O)cc2)C(C#N)=C(N)O3)cc1. The topological polar surface area (TPSA) is 117 Å². The fourth-order valence-corrected chi connectivity index (χ4v) is 3.40. The number of benzene rings is 2. The summed E-state index contributed by atoms with van der Waals surface area (Å²) in [4.78, 5) is 0. The van der Waals surface area contributed by atoms with Gasteiger partial charge in [-0.05, 0) is 48.4 Å². The second kappa shape index (κ2) is 7.60. The summed E-state index contributed by atoms with van der Waals surface area (Å²) >= 11 is 0. The lowest BCUT2D eigenvalue weighted by Crippen LogP contribution is -2.20. The van der Waals surface area contributed by atoms with Crippen LogP contribution in [0, 0.1) is 11.3 Å². The van der Waals surface area contributed by atoms with Gasteiger partial charge in [-0.25, -0.2) is 0 Å². The van der Waals surface area contributed by atoms with E-state index in [1.807, 2.05) is 24.3 Å². The van der Waals surface area contributed by atoms with E-state index in [9.17, 15) is 10.4 Å². The molecular formula is C22H20N4O3. The Hall–Kier alpha value is -3.92. The smallest absolute Gasteiger partial charge is 0.244 e. The van der Waals surface area contributed by atoms with Gasteiger partial charge in [0.2, 0.25) is 11.8 Å². The van der Waals surface area contributed by atoms with Gasteiger partial charge < -0.3 is 20.3 Å². The number of ether oxygens (including phenoxy) is 2. The molecule has 0 saturated heterocycles. The molecule has 2 heterocycles. The Bertz CT molecular complexity index is 1090. The highest BCUT2D eigenvalue weighted by Gasteiger charge is 2.35. The molecule has 7 heteroatoms. The minimum absolute atomic E-state index is 0.0273. The quantitative estimate of drug-likeness (QED) is 0.612. The second-order valence-corrected chi connectivity index (χ2v) is 6.71. The van der Waals surface area contributed by atoms with Crippen molar-refractivity contribution in [2.45, 2.75) is 19.3 Å². The minimum atomic E-state index is -0.464. The fourth-order valence-electron chi connectivity index (χ4n) is 3.40. The van der Waals surface area contributed by atoms with Crippen molar-refractivity contribution >= 4 is 0 Å². The molecule has 0 amide bonds. The maximum absolute atomic E-state index is 9.73. The number of hydrogen-bond donors (Lipinski definition) is 3. The van der Waals surface area contributed by atoms with Gasteiger partial charge in [-0.3, -0.25) is 5.10 Å². The molecule has 1 aliphatic rings. The summed E-state index contributed by atoms with van der Waals surface area (Å²) in [6.07, 6.45) is 0.937. The molecule has 0 fully saturated rings. The molecule has 0 radical (unpaired) electrons. The molecule has 0 aliphatic carbocycles. The Morgan fingerprint density at radius 2 is 1.93 bits per heavy atom. The monoisotopic (exact) mass is 388 g/mol. The number of aromatic nitrogens is 2. The lowest BCUT2D eigenvalue weighted by atomic mass is 9.83. The van der Waals surface area contributed by atoms with Crippen molar-refractivity contribution in [3.8, 4) is 34.7 Å². The van der Waals surface area contributed by atoms with Gasteiger partial charge in [0.25, 0.3) is 0 Å². The van der Waals surface area contributed by atoms with Crippen LogP contribution in [0.5, 0.6) is 17.4 Å². The molecule has 29 heavy (non-hydrogen) atoms. The largest absolute Gasteiger partial charge is 0.508 e. The van der Waals surface area contributed by atoms with Crippen LogP contribution in [-0.4, -0.2) is 21.9 Å². The molecule has 0 saturated carbocycles. The standard InChI is InChI=1S/C22H20N4O3/c1-2-11-28-16-9-5-14(6-10-16)20-19-18(13-3-7-15(27)8-4-13)17(12-23)21(24)29-22(19)26-25-20/h3-10,18,27H,2,11,24H2,1H3,(H,25,26). The molecule has 3 aromatic rings. The lowest BCUT2D eigenvalue weighted by Gasteiger charge is -2.24. The summed E-state index contributed by atoms with van der Waals surface area (Å²) in [5, 5.41) is 26.7. The van der Waals surface area contributed by atoms with E-state index in [-0.39, 0.29) is 11.6 Å². The molecule has 0 bridgehead atoms. The molecule has 2 aromatic carbocycles. The number of phenols is 1. The Morgan fingerprint density at radius 1 is 1.21 bits per heavy atom. The predicted octanol–water partition coefficient (Wildman–Crippen LogP) is 3.79. The van der Waals surface area contributed by atoms with Crippen LogP contribution in [0.2, 0.25) is 0 Å². The number of nitrogens with two attached hydrogens (primary N) is 1. The van der Waals surface area contributed by atoms with E-state index in [0.717, 1.165) is 34.6 Å². The van der Waals surface area contributed by atoms with Gasteiger partial charge in [-0.2, -0.15) is 5.26 Å². The second-order valence-electron chi connectivity index (χ2n) is 6.71. The molecule has 1 aromatic heterocycles. The maximum atomic E-state index is 9.73. The van der Waals surface area contributed by atoms with Gasteiger partial charge in [-0.15, -0.1) is 5.10 Å². The molecule has 1 unspecified atom stereocenters. The van der Waals surface area contributed by atoms with Gasteiger partial charge >= 0.3 is 0 Å². The van der Waals surface area contributed by atoms with E-state index < -0.39 is 5.92 Å². The van der Waals surface area contributed by atoms with Crippen LogP contribution in [0.1, 0.15) is 30.4 Å². The van der Waals surface area contributed by atoms with Crippen LogP contribution in [0.4, 0.5) is 0 Å². The third-order valence-corrected chi connectivity index (χ3v) is 4.78. The Morgan fingerprint density at radius 3 is 2.59 bits per heavy atom. The zero-order chi connectivity index (χ0) is 20.4. The average Bonchev–Trinajstić information content (AvgIpc) is 3.15. The number of nitrogens with one attached hydrogen (secondary N) is 1. The molecule has 1 aliphatic heterocycles. The van der Waals surface area contributed by atoms with Gasteiger partial charge in [0.05, 0.1) is 23.8 Å². The summed E-state index contributed by atoms with van der Waals surface area (Å²) < 4.78 is 11.3. The van der Waals surface area contributed by atoms with E-state index in [1.165, 1.54) is 0 Å². The van der Waals surface area contributed by atoms with Crippen LogP contribution in [-0.2, 0) is 0 Å². The summed E-state index contributed by atoms with van der Waals surface area (Å²) in [6.45, 7) is 2.71. The summed E-state index contributed by atoms with van der Waals surface area (Å²) in [5.74, 6) is 0.832. The Kier molecular flexibility index (Phi) is 4.83. The fraction of sp³-hybridized carbons (Fsp3) is 0.182. The molecule has 4 N–H and O–H groups in total. The molecule has 0 spiro atoms. The van der Waals surface area contributed by atoms with Crippen LogP contribution in [0.3, 0.4) is 0 Å². The first-order valence-corrected chi connectivity index (χ1v) is 9.30. The van der Waals surface area contributed by atoms with Gasteiger partial charge in [0.1, 0.15) is 23.1 Å². The summed E-state index contributed by atoms with van der Waals surface area (Å²) in [7, 11) is 0. The first kappa shape index (κ1) is 18.4. The lowest BCUT2D eigenvalue weighted by molar-refractivity contribution is 0.317.